The van der Waals surface area contributed by atoms with Crippen molar-refractivity contribution in [2.75, 3.05) is 0 Å². The predicted molar refractivity (Wildman–Crippen MR) is 75.5 cm³/mol. The van der Waals surface area contributed by atoms with Crippen LogP contribution < -0.4 is 0 Å². The third-order valence-corrected chi connectivity index (χ3v) is 2.91. The van der Waals surface area contributed by atoms with E-state index in [4.69, 9.17) is 5.26 Å². The van der Waals surface area contributed by atoms with Crippen molar-refractivity contribution in [3.8, 4) is 11.8 Å². The lowest BCUT2D eigenvalue weighted by Crippen LogP contribution is -1.86. The summed E-state index contributed by atoms with van der Waals surface area (Å²) < 4.78 is 0. The van der Waals surface area contributed by atoms with Gasteiger partial charge in [0, 0.05) is 12.4 Å². The fourth-order valence-electron chi connectivity index (χ4n) is 2.00. The number of nitriles is 1. The van der Waals surface area contributed by atoms with Gasteiger partial charge in [-0.15, -0.1) is 0 Å². The van der Waals surface area contributed by atoms with Crippen molar-refractivity contribution in [1.82, 2.24) is 4.98 Å². The number of hydrogen-bond acceptors (Lipinski definition) is 3. The summed E-state index contributed by atoms with van der Waals surface area (Å²) in [7, 11) is 0. The van der Waals surface area contributed by atoms with Crippen LogP contribution >= 0.6 is 0 Å². The topological polar surface area (TPSA) is 56.9 Å². The first kappa shape index (κ1) is 12.8. The van der Waals surface area contributed by atoms with Crippen LogP contribution in [0.15, 0.2) is 30.6 Å². The van der Waals surface area contributed by atoms with E-state index in [0.717, 1.165) is 22.3 Å². The Hall–Kier alpha value is -2.60. The number of aromatic hydroxyl groups is 1. The van der Waals surface area contributed by atoms with E-state index in [1.165, 1.54) is 6.20 Å². The van der Waals surface area contributed by atoms with Gasteiger partial charge < -0.3 is 5.11 Å². The Bertz CT molecular complexity index is 658. The van der Waals surface area contributed by atoms with Gasteiger partial charge in [-0.2, -0.15) is 5.26 Å². The van der Waals surface area contributed by atoms with Crippen molar-refractivity contribution < 1.29 is 5.11 Å². The van der Waals surface area contributed by atoms with Gasteiger partial charge in [-0.05, 0) is 54.3 Å². The molecule has 0 aliphatic carbocycles. The largest absolute Gasteiger partial charge is 0.508 e. The quantitative estimate of drug-likeness (QED) is 0.888. The van der Waals surface area contributed by atoms with Crippen molar-refractivity contribution in [2.24, 2.45) is 0 Å². The first-order chi connectivity index (χ1) is 9.10. The van der Waals surface area contributed by atoms with E-state index in [-0.39, 0.29) is 5.75 Å². The van der Waals surface area contributed by atoms with Crippen molar-refractivity contribution in [3.05, 3.63) is 58.4 Å². The van der Waals surface area contributed by atoms with Gasteiger partial charge in [-0.25, -0.2) is 0 Å². The van der Waals surface area contributed by atoms with Crippen LogP contribution in [0.5, 0.6) is 5.75 Å². The molecule has 0 bridgehead atoms. The van der Waals surface area contributed by atoms with Gasteiger partial charge in [0.25, 0.3) is 0 Å². The molecule has 1 N–H and O–H groups in total. The minimum absolute atomic E-state index is 0.278. The third-order valence-electron chi connectivity index (χ3n) is 2.91. The number of aryl methyl sites for hydroxylation is 2. The van der Waals surface area contributed by atoms with Crippen molar-refractivity contribution in [1.29, 1.82) is 5.26 Å². The first-order valence-corrected chi connectivity index (χ1v) is 5.93. The van der Waals surface area contributed by atoms with Crippen LogP contribution in [0.4, 0.5) is 0 Å². The lowest BCUT2D eigenvalue weighted by atomic mass is 10.0. The molecule has 0 aliphatic heterocycles. The zero-order valence-electron chi connectivity index (χ0n) is 10.9. The monoisotopic (exact) mass is 250 g/mol. The number of hydrogen-bond donors (Lipinski definition) is 1. The second kappa shape index (κ2) is 5.36. The summed E-state index contributed by atoms with van der Waals surface area (Å²) >= 11 is 0. The van der Waals surface area contributed by atoms with Crippen molar-refractivity contribution in [3.63, 3.8) is 0 Å². The summed E-state index contributed by atoms with van der Waals surface area (Å²) in [5.41, 5.74) is 4.52. The highest BCUT2D eigenvalue weighted by molar-refractivity contribution is 5.73. The molecule has 0 amide bonds. The maximum atomic E-state index is 9.50. The highest BCUT2D eigenvalue weighted by Crippen LogP contribution is 2.22. The summed E-state index contributed by atoms with van der Waals surface area (Å²) in [6, 6.07) is 7.32. The average Bonchev–Trinajstić information content (AvgIpc) is 2.37. The maximum Gasteiger partial charge on any atom is 0.116 e. The van der Waals surface area contributed by atoms with Crippen LogP contribution in [0.2, 0.25) is 0 Å². The molecule has 3 heteroatoms. The molecule has 1 heterocycles. The predicted octanol–water partition coefficient (Wildman–Crippen LogP) is 3.45. The zero-order chi connectivity index (χ0) is 13.8. The molecule has 0 saturated carbocycles. The lowest BCUT2D eigenvalue weighted by Gasteiger charge is -2.06. The molecule has 94 valence electrons. The van der Waals surface area contributed by atoms with Crippen molar-refractivity contribution >= 4 is 12.2 Å². The normalized spacial score (nSPS) is 10.6. The first-order valence-electron chi connectivity index (χ1n) is 5.93. The van der Waals surface area contributed by atoms with E-state index in [1.54, 1.807) is 24.4 Å². The molecule has 0 fully saturated rings. The number of pyridine rings is 1. The van der Waals surface area contributed by atoms with Gasteiger partial charge in [0.05, 0.1) is 5.56 Å². The van der Waals surface area contributed by atoms with E-state index in [1.807, 2.05) is 26.0 Å². The Morgan fingerprint density at radius 3 is 2.42 bits per heavy atom. The lowest BCUT2D eigenvalue weighted by molar-refractivity contribution is 0.474. The molecular weight excluding hydrogens is 236 g/mol. The highest BCUT2D eigenvalue weighted by atomic mass is 16.3. The second-order valence-electron chi connectivity index (χ2n) is 4.45. The summed E-state index contributed by atoms with van der Waals surface area (Å²) in [5, 5.41) is 18.3. The van der Waals surface area contributed by atoms with Gasteiger partial charge in [0.15, 0.2) is 0 Å². The van der Waals surface area contributed by atoms with Crippen LogP contribution in [0, 0.1) is 25.2 Å². The minimum atomic E-state index is 0.278. The van der Waals surface area contributed by atoms with Crippen LogP contribution in [0.25, 0.3) is 12.2 Å². The van der Waals surface area contributed by atoms with Gasteiger partial charge >= 0.3 is 0 Å². The molecule has 0 spiro atoms. The molecule has 2 aromatic rings. The molecule has 0 atom stereocenters. The van der Waals surface area contributed by atoms with E-state index >= 15 is 0 Å². The number of phenols is 1. The average molecular weight is 250 g/mol. The molecule has 1 aromatic heterocycles. The maximum absolute atomic E-state index is 9.50. The smallest absolute Gasteiger partial charge is 0.116 e. The summed E-state index contributed by atoms with van der Waals surface area (Å²) in [6.45, 7) is 3.91. The van der Waals surface area contributed by atoms with Gasteiger partial charge in [-0.1, -0.05) is 12.2 Å². The highest BCUT2D eigenvalue weighted by Gasteiger charge is 2.01. The number of nitrogens with zero attached hydrogens (tertiary/aromatic N) is 2. The number of phenolic OH excluding ortho intramolecular Hbond substituents is 1. The molecule has 0 radical (unpaired) electrons. The summed E-state index contributed by atoms with van der Waals surface area (Å²) in [5.74, 6) is 0.278. The Morgan fingerprint density at radius 1 is 1.11 bits per heavy atom. The fraction of sp³-hybridized carbons (Fsp3) is 0.125. The van der Waals surface area contributed by atoms with Crippen molar-refractivity contribution in [2.45, 2.75) is 13.8 Å². The summed E-state index contributed by atoms with van der Waals surface area (Å²) in [4.78, 5) is 4.01. The fourth-order valence-corrected chi connectivity index (χ4v) is 2.00. The molecule has 3 nitrogen and oxygen atoms in total. The number of rotatable bonds is 2. The van der Waals surface area contributed by atoms with Gasteiger partial charge in [-0.3, -0.25) is 4.98 Å². The van der Waals surface area contributed by atoms with Gasteiger partial charge in [0.1, 0.15) is 11.8 Å². The Balaban J connectivity index is 2.35. The van der Waals surface area contributed by atoms with E-state index in [2.05, 4.69) is 11.1 Å². The minimum Gasteiger partial charge on any atom is -0.508 e. The standard InChI is InChI=1S/C16H14N2O/c1-11-5-15(19)6-12(2)16(11)4-3-13-7-14(8-17)10-18-9-13/h3-7,9-10,19H,1-2H3/b4-3+. The SMILES string of the molecule is Cc1cc(O)cc(C)c1/C=C/c1cncc(C#N)c1. The van der Waals surface area contributed by atoms with E-state index < -0.39 is 0 Å². The Morgan fingerprint density at radius 2 is 1.79 bits per heavy atom. The molecular formula is C16H14N2O. The molecule has 2 rings (SSSR count). The second-order valence-corrected chi connectivity index (χ2v) is 4.45. The molecule has 0 aliphatic rings. The molecule has 19 heavy (non-hydrogen) atoms. The van der Waals surface area contributed by atoms with E-state index in [0.29, 0.717) is 5.56 Å². The number of benzene rings is 1. The van der Waals surface area contributed by atoms with Crippen LogP contribution in [0.1, 0.15) is 27.8 Å². The summed E-state index contributed by atoms with van der Waals surface area (Å²) in [6.07, 6.45) is 7.14. The molecule has 0 unspecified atom stereocenters. The van der Waals surface area contributed by atoms with E-state index in [9.17, 15) is 5.11 Å². The Labute approximate surface area is 112 Å². The van der Waals surface area contributed by atoms with Gasteiger partial charge in [0.2, 0.25) is 0 Å². The molecule has 0 saturated heterocycles. The van der Waals surface area contributed by atoms with Crippen LogP contribution in [0.3, 0.4) is 0 Å². The third kappa shape index (κ3) is 2.99. The molecule has 1 aromatic carbocycles. The van der Waals surface area contributed by atoms with Crippen LogP contribution in [-0.2, 0) is 0 Å². The number of aromatic nitrogens is 1. The Kier molecular flexibility index (Phi) is 3.63. The zero-order valence-corrected chi connectivity index (χ0v) is 10.9. The van der Waals surface area contributed by atoms with Crippen LogP contribution in [-0.4, -0.2) is 10.1 Å².